The Hall–Kier alpha value is -1.35. The Morgan fingerprint density at radius 1 is 1.16 bits per heavy atom. The van der Waals surface area contributed by atoms with Crippen LogP contribution in [-0.4, -0.2) is 9.78 Å². The van der Waals surface area contributed by atoms with E-state index in [-0.39, 0.29) is 0 Å². The van der Waals surface area contributed by atoms with Gasteiger partial charge in [-0.3, -0.25) is 5.10 Å². The minimum absolute atomic E-state index is 0.674. The molecule has 1 aliphatic carbocycles. The highest BCUT2D eigenvalue weighted by molar-refractivity contribution is 7.71. The Balaban J connectivity index is 2.05. The fourth-order valence-corrected chi connectivity index (χ4v) is 3.27. The van der Waals surface area contributed by atoms with Gasteiger partial charge in [-0.15, -0.1) is 0 Å². The van der Waals surface area contributed by atoms with Gasteiger partial charge < -0.3 is 0 Å². The molecule has 1 aliphatic rings. The molecular weight excluding hydrogens is 252 g/mol. The van der Waals surface area contributed by atoms with E-state index in [4.69, 9.17) is 12.2 Å². The molecule has 1 heterocycles. The Morgan fingerprint density at radius 3 is 2.63 bits per heavy atom. The molecular formula is C16H20N2S. The normalized spacial score (nSPS) is 16.1. The Bertz CT molecular complexity index is 645. The number of hydrogen-bond donors (Lipinski definition) is 1. The number of aromatic nitrogens is 2. The minimum atomic E-state index is 0.674. The number of H-pyrrole nitrogens is 1. The smallest absolute Gasteiger partial charge is 0.127 e. The van der Waals surface area contributed by atoms with Crippen molar-refractivity contribution in [3.8, 4) is 5.69 Å². The van der Waals surface area contributed by atoms with Gasteiger partial charge in [0.1, 0.15) is 4.64 Å². The van der Waals surface area contributed by atoms with E-state index in [9.17, 15) is 0 Å². The van der Waals surface area contributed by atoms with Crippen LogP contribution in [0.25, 0.3) is 5.69 Å². The summed E-state index contributed by atoms with van der Waals surface area (Å²) in [5, 5.41) is 3.52. The maximum atomic E-state index is 5.52. The van der Waals surface area contributed by atoms with Gasteiger partial charge in [0.15, 0.2) is 0 Å². The molecule has 0 radical (unpaired) electrons. The van der Waals surface area contributed by atoms with Gasteiger partial charge in [-0.2, -0.15) is 0 Å². The average molecular weight is 272 g/mol. The zero-order valence-corrected chi connectivity index (χ0v) is 12.4. The number of nitrogens with one attached hydrogen (secondary N) is 1. The van der Waals surface area contributed by atoms with Crippen molar-refractivity contribution in [2.75, 3.05) is 0 Å². The van der Waals surface area contributed by atoms with Crippen molar-refractivity contribution in [1.29, 1.82) is 0 Å². The third-order valence-corrected chi connectivity index (χ3v) is 4.44. The molecule has 0 aliphatic heterocycles. The van der Waals surface area contributed by atoms with Crippen molar-refractivity contribution in [1.82, 2.24) is 9.78 Å². The van der Waals surface area contributed by atoms with E-state index in [2.05, 4.69) is 47.9 Å². The van der Waals surface area contributed by atoms with Gasteiger partial charge in [0.25, 0.3) is 0 Å². The summed E-state index contributed by atoms with van der Waals surface area (Å²) < 4.78 is 2.95. The van der Waals surface area contributed by atoms with Crippen molar-refractivity contribution in [2.24, 2.45) is 0 Å². The lowest BCUT2D eigenvalue weighted by Gasteiger charge is -2.10. The molecule has 0 saturated heterocycles. The Labute approximate surface area is 119 Å². The highest BCUT2D eigenvalue weighted by Crippen LogP contribution is 2.33. The lowest BCUT2D eigenvalue weighted by Crippen LogP contribution is -2.02. The molecule has 100 valence electrons. The molecule has 1 fully saturated rings. The molecule has 2 nitrogen and oxygen atoms in total. The van der Waals surface area contributed by atoms with Crippen molar-refractivity contribution in [3.05, 3.63) is 45.7 Å². The summed E-state index contributed by atoms with van der Waals surface area (Å²) in [5.41, 5.74) is 5.00. The first kappa shape index (κ1) is 12.7. The van der Waals surface area contributed by atoms with Crippen LogP contribution in [0.2, 0.25) is 0 Å². The van der Waals surface area contributed by atoms with Gasteiger partial charge in [0.2, 0.25) is 0 Å². The van der Waals surface area contributed by atoms with Crippen LogP contribution >= 0.6 is 12.2 Å². The van der Waals surface area contributed by atoms with Crippen LogP contribution < -0.4 is 0 Å². The first-order valence-corrected chi connectivity index (χ1v) is 7.45. The van der Waals surface area contributed by atoms with Gasteiger partial charge in [-0.1, -0.05) is 37.2 Å². The van der Waals surface area contributed by atoms with Crippen LogP contribution in [-0.2, 0) is 0 Å². The highest BCUT2D eigenvalue weighted by atomic mass is 32.1. The summed E-state index contributed by atoms with van der Waals surface area (Å²) in [6.45, 7) is 4.25. The van der Waals surface area contributed by atoms with Gasteiger partial charge in [0, 0.05) is 11.6 Å². The topological polar surface area (TPSA) is 20.7 Å². The average Bonchev–Trinajstić information content (AvgIpc) is 3.01. The molecule has 0 spiro atoms. The highest BCUT2D eigenvalue weighted by Gasteiger charge is 2.19. The van der Waals surface area contributed by atoms with E-state index in [1.165, 1.54) is 48.2 Å². The van der Waals surface area contributed by atoms with Crippen LogP contribution in [0.5, 0.6) is 0 Å². The van der Waals surface area contributed by atoms with Gasteiger partial charge in [-0.05, 0) is 49.9 Å². The summed E-state index contributed by atoms with van der Waals surface area (Å²) in [7, 11) is 0. The van der Waals surface area contributed by atoms with Crippen molar-refractivity contribution < 1.29 is 0 Å². The zero-order valence-electron chi connectivity index (χ0n) is 11.6. The monoisotopic (exact) mass is 272 g/mol. The summed E-state index contributed by atoms with van der Waals surface area (Å²) in [5.74, 6) is 0.674. The third-order valence-electron chi connectivity index (χ3n) is 4.14. The van der Waals surface area contributed by atoms with Gasteiger partial charge >= 0.3 is 0 Å². The molecule has 1 N–H and O–H groups in total. The first-order chi connectivity index (χ1) is 9.15. The van der Waals surface area contributed by atoms with E-state index in [1.807, 2.05) is 0 Å². The van der Waals surface area contributed by atoms with E-state index in [0.717, 1.165) is 4.64 Å². The Kier molecular flexibility index (Phi) is 3.31. The van der Waals surface area contributed by atoms with Crippen molar-refractivity contribution >= 4 is 12.2 Å². The minimum Gasteiger partial charge on any atom is -0.297 e. The maximum Gasteiger partial charge on any atom is 0.127 e. The molecule has 1 saturated carbocycles. The fraction of sp³-hybridized carbons (Fsp3) is 0.438. The third kappa shape index (κ3) is 2.39. The molecule has 1 aromatic carbocycles. The van der Waals surface area contributed by atoms with Crippen LogP contribution in [0.4, 0.5) is 0 Å². The molecule has 2 aromatic rings. The molecule has 19 heavy (non-hydrogen) atoms. The van der Waals surface area contributed by atoms with Crippen LogP contribution in [0.15, 0.2) is 24.3 Å². The molecule has 0 unspecified atom stereocenters. The van der Waals surface area contributed by atoms with Crippen LogP contribution in [0.3, 0.4) is 0 Å². The fourth-order valence-electron chi connectivity index (χ4n) is 3.00. The van der Waals surface area contributed by atoms with Crippen LogP contribution in [0.1, 0.15) is 48.4 Å². The molecule has 1 aromatic heterocycles. The van der Waals surface area contributed by atoms with E-state index < -0.39 is 0 Å². The summed E-state index contributed by atoms with van der Waals surface area (Å²) in [6, 6.07) is 8.64. The molecule has 3 heteroatoms. The van der Waals surface area contributed by atoms with E-state index in [0.29, 0.717) is 5.92 Å². The molecule has 3 rings (SSSR count). The van der Waals surface area contributed by atoms with E-state index >= 15 is 0 Å². The molecule has 0 bridgehead atoms. The van der Waals surface area contributed by atoms with Crippen LogP contribution in [0, 0.1) is 18.5 Å². The second kappa shape index (κ2) is 4.97. The van der Waals surface area contributed by atoms with Crippen molar-refractivity contribution in [3.63, 3.8) is 0 Å². The first-order valence-electron chi connectivity index (χ1n) is 7.05. The summed E-state index contributed by atoms with van der Waals surface area (Å²) in [6.07, 6.45) is 5.28. The molecule has 0 amide bonds. The second-order valence-corrected chi connectivity index (χ2v) is 6.07. The number of benzene rings is 1. The van der Waals surface area contributed by atoms with E-state index in [1.54, 1.807) is 0 Å². The number of aryl methyl sites for hydroxylation is 2. The lowest BCUT2D eigenvalue weighted by molar-refractivity contribution is 0.677. The predicted molar refractivity (Wildman–Crippen MR) is 81.6 cm³/mol. The zero-order chi connectivity index (χ0) is 13.4. The quantitative estimate of drug-likeness (QED) is 0.778. The number of nitrogens with zero attached hydrogens (tertiary/aromatic N) is 1. The predicted octanol–water partition coefficient (Wildman–Crippen LogP) is 4.81. The number of aromatic amines is 1. The standard InChI is InChI=1S/C16H20N2S/c1-11-7-8-12(2)15(9-11)18-16(19)10-14(17-18)13-5-3-4-6-13/h7-10,13,17H,3-6H2,1-2H3. The SMILES string of the molecule is Cc1ccc(C)c(-n2[nH]c(C3CCCC3)cc2=S)c1. The van der Waals surface area contributed by atoms with Crippen molar-refractivity contribution in [2.45, 2.75) is 45.4 Å². The second-order valence-electron chi connectivity index (χ2n) is 5.66. The largest absolute Gasteiger partial charge is 0.297 e. The molecule has 0 atom stereocenters. The number of hydrogen-bond acceptors (Lipinski definition) is 1. The lowest BCUT2D eigenvalue weighted by atomic mass is 10.1. The maximum absolute atomic E-state index is 5.52. The van der Waals surface area contributed by atoms with Gasteiger partial charge in [-0.25, -0.2) is 4.68 Å². The van der Waals surface area contributed by atoms with Gasteiger partial charge in [0.05, 0.1) is 5.69 Å². The number of rotatable bonds is 2. The Morgan fingerprint density at radius 2 is 1.89 bits per heavy atom. The summed E-state index contributed by atoms with van der Waals surface area (Å²) >= 11 is 5.52. The summed E-state index contributed by atoms with van der Waals surface area (Å²) in [4.78, 5) is 0.